The third kappa shape index (κ3) is 3.00. The molecule has 2 aromatic rings. The summed E-state index contributed by atoms with van der Waals surface area (Å²) in [6.07, 6.45) is 0. The summed E-state index contributed by atoms with van der Waals surface area (Å²) >= 11 is 5.91. The van der Waals surface area contributed by atoms with Gasteiger partial charge in [-0.1, -0.05) is 11.6 Å². The van der Waals surface area contributed by atoms with Crippen LogP contribution in [0.25, 0.3) is 0 Å². The molecule has 0 fully saturated rings. The fourth-order valence-corrected chi connectivity index (χ4v) is 1.56. The van der Waals surface area contributed by atoms with Crippen LogP contribution in [0.4, 0.5) is 5.69 Å². The van der Waals surface area contributed by atoms with E-state index in [1.54, 1.807) is 24.3 Å². The second-order valence-electron chi connectivity index (χ2n) is 3.61. The van der Waals surface area contributed by atoms with Gasteiger partial charge in [0.2, 0.25) is 0 Å². The van der Waals surface area contributed by atoms with Crippen LogP contribution in [0.15, 0.2) is 42.5 Å². The van der Waals surface area contributed by atoms with Crippen LogP contribution in [0, 0.1) is 21.4 Å². The lowest BCUT2D eigenvalue weighted by Gasteiger charge is -2.07. The summed E-state index contributed by atoms with van der Waals surface area (Å²) in [6.45, 7) is 0. The van der Waals surface area contributed by atoms with E-state index >= 15 is 0 Å². The van der Waals surface area contributed by atoms with E-state index in [9.17, 15) is 10.1 Å². The van der Waals surface area contributed by atoms with E-state index in [1.807, 2.05) is 6.07 Å². The lowest BCUT2D eigenvalue weighted by Crippen LogP contribution is -1.90. The third-order valence-corrected chi connectivity index (χ3v) is 2.65. The number of nitro benzene ring substituents is 1. The van der Waals surface area contributed by atoms with Crippen molar-refractivity contribution in [3.8, 4) is 17.6 Å². The van der Waals surface area contributed by atoms with E-state index in [4.69, 9.17) is 21.6 Å². The molecule has 0 aliphatic heterocycles. The lowest BCUT2D eigenvalue weighted by molar-refractivity contribution is -0.384. The van der Waals surface area contributed by atoms with Gasteiger partial charge in [-0.2, -0.15) is 5.26 Å². The van der Waals surface area contributed by atoms with E-state index in [0.29, 0.717) is 11.3 Å². The predicted molar refractivity (Wildman–Crippen MR) is 69.3 cm³/mol. The Kier molecular flexibility index (Phi) is 3.64. The van der Waals surface area contributed by atoms with Crippen LogP contribution in [0.3, 0.4) is 0 Å². The van der Waals surface area contributed by atoms with Gasteiger partial charge in [0.05, 0.1) is 27.6 Å². The molecule has 0 N–H and O–H groups in total. The molecule has 0 spiro atoms. The Morgan fingerprint density at radius 1 is 1.21 bits per heavy atom. The first kappa shape index (κ1) is 12.9. The Balaban J connectivity index is 2.29. The zero-order chi connectivity index (χ0) is 13.8. The number of hydrogen-bond acceptors (Lipinski definition) is 4. The van der Waals surface area contributed by atoms with E-state index in [-0.39, 0.29) is 16.5 Å². The number of benzene rings is 2. The fraction of sp³-hybridized carbons (Fsp3) is 0. The first-order chi connectivity index (χ1) is 9.10. The average Bonchev–Trinajstić information content (AvgIpc) is 2.42. The van der Waals surface area contributed by atoms with Crippen LogP contribution in [0.2, 0.25) is 5.02 Å². The average molecular weight is 275 g/mol. The van der Waals surface area contributed by atoms with Crippen LogP contribution in [0.1, 0.15) is 5.56 Å². The van der Waals surface area contributed by atoms with Gasteiger partial charge >= 0.3 is 0 Å². The van der Waals surface area contributed by atoms with Crippen LogP contribution >= 0.6 is 11.6 Å². The quantitative estimate of drug-likeness (QED) is 0.628. The molecule has 0 aliphatic rings. The number of rotatable bonds is 3. The number of ether oxygens (including phenoxy) is 1. The summed E-state index contributed by atoms with van der Waals surface area (Å²) in [5, 5.41) is 19.6. The van der Waals surface area contributed by atoms with Gasteiger partial charge in [0.15, 0.2) is 5.75 Å². The van der Waals surface area contributed by atoms with E-state index in [2.05, 4.69) is 0 Å². The first-order valence-corrected chi connectivity index (χ1v) is 5.60. The van der Waals surface area contributed by atoms with Crippen molar-refractivity contribution >= 4 is 17.3 Å². The molecule has 6 heteroatoms. The number of non-ortho nitro benzene ring substituents is 1. The molecule has 0 atom stereocenters. The van der Waals surface area contributed by atoms with E-state index in [0.717, 1.165) is 0 Å². The monoisotopic (exact) mass is 274 g/mol. The summed E-state index contributed by atoms with van der Waals surface area (Å²) in [7, 11) is 0. The number of nitriles is 1. The van der Waals surface area contributed by atoms with Crippen molar-refractivity contribution in [3.63, 3.8) is 0 Å². The largest absolute Gasteiger partial charge is 0.456 e. The Morgan fingerprint density at radius 3 is 2.47 bits per heavy atom. The summed E-state index contributed by atoms with van der Waals surface area (Å²) < 4.78 is 5.45. The van der Waals surface area contributed by atoms with Gasteiger partial charge in [-0.05, 0) is 30.3 Å². The zero-order valence-electron chi connectivity index (χ0n) is 9.54. The van der Waals surface area contributed by atoms with Gasteiger partial charge in [-0.25, -0.2) is 0 Å². The van der Waals surface area contributed by atoms with Crippen molar-refractivity contribution in [3.05, 3.63) is 63.2 Å². The molecular weight excluding hydrogens is 268 g/mol. The highest BCUT2D eigenvalue weighted by Gasteiger charge is 2.11. The molecule has 0 radical (unpaired) electrons. The number of nitro groups is 1. The molecule has 0 saturated heterocycles. The second-order valence-corrected chi connectivity index (χ2v) is 4.02. The van der Waals surface area contributed by atoms with Crippen molar-refractivity contribution in [2.24, 2.45) is 0 Å². The van der Waals surface area contributed by atoms with Gasteiger partial charge in [-0.15, -0.1) is 0 Å². The number of hydrogen-bond donors (Lipinski definition) is 0. The topological polar surface area (TPSA) is 76.2 Å². The molecular formula is C13H7ClN2O3. The van der Waals surface area contributed by atoms with Crippen molar-refractivity contribution in [2.75, 3.05) is 0 Å². The number of nitrogens with zero attached hydrogens (tertiary/aromatic N) is 2. The zero-order valence-corrected chi connectivity index (χ0v) is 10.3. The maximum atomic E-state index is 10.7. The minimum absolute atomic E-state index is 0.104. The number of halogens is 1. The van der Waals surface area contributed by atoms with Crippen molar-refractivity contribution in [1.29, 1.82) is 5.26 Å². The van der Waals surface area contributed by atoms with Crippen LogP contribution in [-0.4, -0.2) is 4.92 Å². The predicted octanol–water partition coefficient (Wildman–Crippen LogP) is 3.91. The Hall–Kier alpha value is -2.58. The molecule has 0 bridgehead atoms. The van der Waals surface area contributed by atoms with Gasteiger partial charge in [0.25, 0.3) is 5.69 Å². The highest BCUT2D eigenvalue weighted by Crippen LogP contribution is 2.32. The maximum Gasteiger partial charge on any atom is 0.273 e. The fourth-order valence-electron chi connectivity index (χ4n) is 1.41. The van der Waals surface area contributed by atoms with Gasteiger partial charge < -0.3 is 4.74 Å². The molecule has 2 aromatic carbocycles. The molecule has 0 unspecified atom stereocenters. The molecule has 19 heavy (non-hydrogen) atoms. The Labute approximate surface area is 113 Å². The summed E-state index contributed by atoms with van der Waals surface area (Å²) in [6, 6.07) is 12.3. The molecule has 94 valence electrons. The van der Waals surface area contributed by atoms with Crippen LogP contribution < -0.4 is 4.74 Å². The molecule has 0 aliphatic carbocycles. The minimum atomic E-state index is -0.526. The Morgan fingerprint density at radius 2 is 1.89 bits per heavy atom. The van der Waals surface area contributed by atoms with E-state index in [1.165, 1.54) is 18.2 Å². The van der Waals surface area contributed by atoms with Gasteiger partial charge in [-0.3, -0.25) is 10.1 Å². The summed E-state index contributed by atoms with van der Waals surface area (Å²) in [5.74, 6) is 0.641. The normalized spacial score (nSPS) is 9.68. The Bertz CT molecular complexity index is 663. The minimum Gasteiger partial charge on any atom is -0.456 e. The molecule has 0 aromatic heterocycles. The van der Waals surface area contributed by atoms with Crippen molar-refractivity contribution < 1.29 is 9.66 Å². The van der Waals surface area contributed by atoms with Crippen molar-refractivity contribution in [1.82, 2.24) is 0 Å². The molecule has 5 nitrogen and oxygen atoms in total. The van der Waals surface area contributed by atoms with Crippen molar-refractivity contribution in [2.45, 2.75) is 0 Å². The lowest BCUT2D eigenvalue weighted by atomic mass is 10.2. The van der Waals surface area contributed by atoms with Crippen LogP contribution in [0.5, 0.6) is 11.5 Å². The maximum absolute atomic E-state index is 10.7. The van der Waals surface area contributed by atoms with Gasteiger partial charge in [0, 0.05) is 6.07 Å². The third-order valence-electron chi connectivity index (χ3n) is 2.34. The van der Waals surface area contributed by atoms with E-state index < -0.39 is 4.92 Å². The molecule has 0 saturated carbocycles. The smallest absolute Gasteiger partial charge is 0.273 e. The standard InChI is InChI=1S/C13H7ClN2O3/c14-12-6-3-10(16(17)18)7-13(12)19-11-4-1-9(8-15)2-5-11/h1-7H. The van der Waals surface area contributed by atoms with Crippen LogP contribution in [-0.2, 0) is 0 Å². The van der Waals surface area contributed by atoms with Gasteiger partial charge in [0.1, 0.15) is 5.75 Å². The molecule has 2 rings (SSSR count). The summed E-state index contributed by atoms with van der Waals surface area (Å²) in [5.41, 5.74) is 0.394. The highest BCUT2D eigenvalue weighted by atomic mass is 35.5. The highest BCUT2D eigenvalue weighted by molar-refractivity contribution is 6.32. The summed E-state index contributed by atoms with van der Waals surface area (Å²) in [4.78, 5) is 10.1. The second kappa shape index (κ2) is 5.38. The first-order valence-electron chi connectivity index (χ1n) is 5.22. The molecule has 0 heterocycles. The molecule has 0 amide bonds. The SMILES string of the molecule is N#Cc1ccc(Oc2cc([N+](=O)[O-])ccc2Cl)cc1.